The molecule has 2 heterocycles. The van der Waals surface area contributed by atoms with E-state index in [2.05, 4.69) is 9.64 Å². The lowest BCUT2D eigenvalue weighted by atomic mass is 10.2. The zero-order valence-electron chi connectivity index (χ0n) is 15.8. The molecular weight excluding hydrogens is 391 g/mol. The Labute approximate surface area is 166 Å². The number of nitrogens with zero attached hydrogens (tertiary/aromatic N) is 3. The number of ether oxygens (including phenoxy) is 1. The molecule has 0 unspecified atom stereocenters. The summed E-state index contributed by atoms with van der Waals surface area (Å²) < 4.78 is 40.5. The molecule has 1 aromatic carbocycles. The average Bonchev–Trinajstić information content (AvgIpc) is 2.98. The molecule has 2 fully saturated rings. The summed E-state index contributed by atoms with van der Waals surface area (Å²) in [5, 5.41) is 0. The van der Waals surface area contributed by atoms with Crippen LogP contribution in [0.25, 0.3) is 0 Å². The first kappa shape index (κ1) is 21.1. The van der Waals surface area contributed by atoms with Crippen LogP contribution in [-0.2, 0) is 20.9 Å². The van der Waals surface area contributed by atoms with E-state index >= 15 is 0 Å². The normalized spacial score (nSPS) is 18.4. The number of piperazine rings is 1. The van der Waals surface area contributed by atoms with E-state index in [1.54, 1.807) is 17.0 Å². The van der Waals surface area contributed by atoms with Gasteiger partial charge in [-0.3, -0.25) is 24.2 Å². The first-order chi connectivity index (χ1) is 13.7. The second-order valence-electron chi connectivity index (χ2n) is 7.04. The number of carbonyl (C=O) groups excluding carboxylic acids is 3. The number of amides is 3. The highest BCUT2D eigenvalue weighted by Crippen LogP contribution is 2.23. The number of imide groups is 1. The van der Waals surface area contributed by atoms with Crippen molar-refractivity contribution >= 4 is 17.7 Å². The quantitative estimate of drug-likeness (QED) is 0.665. The van der Waals surface area contributed by atoms with Gasteiger partial charge in [-0.15, -0.1) is 13.2 Å². The van der Waals surface area contributed by atoms with Crippen molar-refractivity contribution in [3.8, 4) is 5.75 Å². The monoisotopic (exact) mass is 413 g/mol. The largest absolute Gasteiger partial charge is 0.573 e. The molecular formula is C19H22F3N3O4. The van der Waals surface area contributed by atoms with Crippen molar-refractivity contribution in [2.75, 3.05) is 32.7 Å². The Morgan fingerprint density at radius 1 is 0.966 bits per heavy atom. The summed E-state index contributed by atoms with van der Waals surface area (Å²) in [4.78, 5) is 40.5. The van der Waals surface area contributed by atoms with Gasteiger partial charge >= 0.3 is 6.36 Å². The predicted molar refractivity (Wildman–Crippen MR) is 95.6 cm³/mol. The van der Waals surface area contributed by atoms with Crippen LogP contribution >= 0.6 is 0 Å². The van der Waals surface area contributed by atoms with Crippen LogP contribution in [-0.4, -0.2) is 71.5 Å². The Kier molecular flexibility index (Phi) is 6.41. The summed E-state index contributed by atoms with van der Waals surface area (Å²) in [6.07, 6.45) is -4.15. The Hall–Kier alpha value is -2.62. The molecule has 0 N–H and O–H groups in total. The molecule has 1 aromatic rings. The van der Waals surface area contributed by atoms with Crippen LogP contribution in [0.2, 0.25) is 0 Å². The van der Waals surface area contributed by atoms with Crippen LogP contribution in [0.15, 0.2) is 24.3 Å². The van der Waals surface area contributed by atoms with E-state index in [-0.39, 0.29) is 49.3 Å². The van der Waals surface area contributed by atoms with E-state index in [9.17, 15) is 27.6 Å². The van der Waals surface area contributed by atoms with Gasteiger partial charge in [0.1, 0.15) is 5.75 Å². The van der Waals surface area contributed by atoms with Gasteiger partial charge in [0.15, 0.2) is 0 Å². The molecule has 2 aliphatic heterocycles. The third kappa shape index (κ3) is 5.93. The smallest absolute Gasteiger partial charge is 0.406 e. The summed E-state index contributed by atoms with van der Waals surface area (Å²) >= 11 is 0. The molecule has 29 heavy (non-hydrogen) atoms. The Balaban J connectivity index is 1.41. The predicted octanol–water partition coefficient (Wildman–Crippen LogP) is 1.77. The summed E-state index contributed by atoms with van der Waals surface area (Å²) in [7, 11) is 0. The molecule has 0 aromatic heterocycles. The third-order valence-corrected chi connectivity index (χ3v) is 4.99. The fourth-order valence-corrected chi connectivity index (χ4v) is 3.45. The first-order valence-electron chi connectivity index (χ1n) is 9.39. The summed E-state index contributed by atoms with van der Waals surface area (Å²) in [6, 6.07) is 5.73. The molecule has 0 radical (unpaired) electrons. The van der Waals surface area contributed by atoms with Crippen molar-refractivity contribution in [1.29, 1.82) is 0 Å². The van der Waals surface area contributed by atoms with Crippen LogP contribution in [0.3, 0.4) is 0 Å². The van der Waals surface area contributed by atoms with Gasteiger partial charge in [0.25, 0.3) is 0 Å². The molecule has 158 valence electrons. The number of carbonyl (C=O) groups is 3. The second-order valence-corrected chi connectivity index (χ2v) is 7.04. The van der Waals surface area contributed by atoms with Crippen molar-refractivity contribution in [1.82, 2.24) is 14.7 Å². The van der Waals surface area contributed by atoms with Gasteiger partial charge in [0.2, 0.25) is 17.7 Å². The van der Waals surface area contributed by atoms with Gasteiger partial charge in [-0.25, -0.2) is 0 Å². The molecule has 0 saturated carbocycles. The van der Waals surface area contributed by atoms with E-state index in [0.717, 1.165) is 10.5 Å². The van der Waals surface area contributed by atoms with Gasteiger partial charge in [0, 0.05) is 58.5 Å². The molecule has 7 nitrogen and oxygen atoms in total. The SMILES string of the molecule is O=C(CCN1C(=O)CCC1=O)N1CCN(Cc2ccc(OC(F)(F)F)cc2)CC1. The molecule has 3 rings (SSSR count). The summed E-state index contributed by atoms with van der Waals surface area (Å²) in [6.45, 7) is 3.00. The van der Waals surface area contributed by atoms with Crippen LogP contribution in [0.4, 0.5) is 13.2 Å². The lowest BCUT2D eigenvalue weighted by Crippen LogP contribution is -2.49. The minimum Gasteiger partial charge on any atom is -0.406 e. The molecule has 10 heteroatoms. The van der Waals surface area contributed by atoms with E-state index in [1.165, 1.54) is 12.1 Å². The van der Waals surface area contributed by atoms with E-state index < -0.39 is 6.36 Å². The highest BCUT2D eigenvalue weighted by Gasteiger charge is 2.31. The van der Waals surface area contributed by atoms with Crippen LogP contribution < -0.4 is 4.74 Å². The van der Waals surface area contributed by atoms with Crippen LogP contribution in [0, 0.1) is 0 Å². The number of halogens is 3. The van der Waals surface area contributed by atoms with E-state index in [4.69, 9.17) is 0 Å². The van der Waals surface area contributed by atoms with Crippen molar-refractivity contribution in [3.05, 3.63) is 29.8 Å². The first-order valence-corrected chi connectivity index (χ1v) is 9.39. The maximum atomic E-state index is 12.3. The summed E-state index contributed by atoms with van der Waals surface area (Å²) in [5.41, 5.74) is 0.852. The molecule has 3 amide bonds. The molecule has 0 bridgehead atoms. The van der Waals surface area contributed by atoms with Crippen molar-refractivity contribution in [3.63, 3.8) is 0 Å². The lowest BCUT2D eigenvalue weighted by molar-refractivity contribution is -0.274. The lowest BCUT2D eigenvalue weighted by Gasteiger charge is -2.35. The number of rotatable bonds is 6. The maximum Gasteiger partial charge on any atom is 0.573 e. The van der Waals surface area contributed by atoms with Crippen LogP contribution in [0.1, 0.15) is 24.8 Å². The number of likely N-dealkylation sites (tertiary alicyclic amines) is 1. The topological polar surface area (TPSA) is 70.2 Å². The molecule has 0 aliphatic carbocycles. The molecule has 0 spiro atoms. The Morgan fingerprint density at radius 2 is 1.55 bits per heavy atom. The van der Waals surface area contributed by atoms with E-state index in [0.29, 0.717) is 32.7 Å². The van der Waals surface area contributed by atoms with Gasteiger partial charge in [-0.1, -0.05) is 12.1 Å². The zero-order valence-corrected chi connectivity index (χ0v) is 15.8. The third-order valence-electron chi connectivity index (χ3n) is 4.99. The van der Waals surface area contributed by atoms with Gasteiger partial charge < -0.3 is 9.64 Å². The number of benzene rings is 1. The molecule has 2 aliphatic rings. The minimum atomic E-state index is -4.71. The van der Waals surface area contributed by atoms with Crippen molar-refractivity contribution in [2.45, 2.75) is 32.2 Å². The van der Waals surface area contributed by atoms with Crippen molar-refractivity contribution in [2.24, 2.45) is 0 Å². The van der Waals surface area contributed by atoms with Gasteiger partial charge in [0.05, 0.1) is 0 Å². The average molecular weight is 413 g/mol. The fourth-order valence-electron chi connectivity index (χ4n) is 3.45. The Bertz CT molecular complexity index is 743. The van der Waals surface area contributed by atoms with E-state index in [1.807, 2.05) is 0 Å². The molecule has 0 atom stereocenters. The van der Waals surface area contributed by atoms with Crippen molar-refractivity contribution < 1.29 is 32.3 Å². The fraction of sp³-hybridized carbons (Fsp3) is 0.526. The minimum absolute atomic E-state index is 0.0918. The highest BCUT2D eigenvalue weighted by atomic mass is 19.4. The van der Waals surface area contributed by atoms with Gasteiger partial charge in [-0.05, 0) is 17.7 Å². The number of alkyl halides is 3. The maximum absolute atomic E-state index is 12.3. The van der Waals surface area contributed by atoms with Crippen LogP contribution in [0.5, 0.6) is 5.75 Å². The zero-order chi connectivity index (χ0) is 21.0. The summed E-state index contributed by atoms with van der Waals surface area (Å²) in [5.74, 6) is -0.795. The highest BCUT2D eigenvalue weighted by molar-refractivity contribution is 6.02. The number of hydrogen-bond donors (Lipinski definition) is 0. The van der Waals surface area contributed by atoms with Gasteiger partial charge in [-0.2, -0.15) is 0 Å². The standard InChI is InChI=1S/C19H22F3N3O4/c20-19(21,22)29-15-3-1-14(2-4-15)13-23-9-11-24(12-10-23)16(26)7-8-25-17(27)5-6-18(25)28/h1-4H,5-13H2. The number of hydrogen-bond acceptors (Lipinski definition) is 5. The second kappa shape index (κ2) is 8.81. The Morgan fingerprint density at radius 3 is 2.10 bits per heavy atom. The molecule has 2 saturated heterocycles.